The van der Waals surface area contributed by atoms with Crippen LogP contribution in [0.2, 0.25) is 0 Å². The first-order valence-corrected chi connectivity index (χ1v) is 20.1. The lowest BCUT2D eigenvalue weighted by atomic mass is 9.92. The number of likely N-dealkylation sites (tertiary alicyclic amines) is 3. The second-order valence-corrected chi connectivity index (χ2v) is 14.5. The zero-order valence-electron chi connectivity index (χ0n) is 81.6. The summed E-state index contributed by atoms with van der Waals surface area (Å²) in [6.45, 7) is -20.7. The molecule has 0 bridgehead atoms. The number of rotatable bonds is 9. The van der Waals surface area contributed by atoms with E-state index in [1.807, 2.05) is 0 Å². The molecule has 3 saturated heterocycles. The molecule has 0 spiro atoms. The minimum Gasteiger partial charge on any atom is -0.354 e. The lowest BCUT2D eigenvalue weighted by Gasteiger charge is -2.41. The summed E-state index contributed by atoms with van der Waals surface area (Å²) in [7, 11) is 0. The Balaban J connectivity index is 0.000000241. The molecule has 0 saturated carbocycles. The van der Waals surface area contributed by atoms with Gasteiger partial charge < -0.3 is 58.9 Å². The van der Waals surface area contributed by atoms with Crippen LogP contribution in [0.15, 0.2) is 37.0 Å². The van der Waals surface area contributed by atoms with Crippen molar-refractivity contribution in [2.45, 2.75) is 78.6 Å². The standard InChI is InChI=1S/3C17H22N6O/c3*1-11-5-6-23(15(24)8-18-3)9-14(11)22(4)17-13-7-12(2)21-16(13)19-10-20-17/h3*7,10-11,14H,5-6,8-9H2,1-2,4H3,(H,19,20,21)/t3*11-,14+/m111/s1/i1D3,4D3,5D2,6D2,7D,9D2,10D,11D,14D;4D3,5D2,6D2,7D,9D2,10D,11D,14D;1D3,4D3,5D2,6D2,7D,9D2,10D,14D. The molecule has 378 valence electrons. The van der Waals surface area contributed by atoms with Gasteiger partial charge in [0.25, 0.3) is 19.6 Å². The third-order valence-corrected chi connectivity index (χ3v) is 9.40. The number of anilines is 3. The SMILES string of the molecule is [2H]c1nc(N(C([2H])([2H])[2H])[C@@]2([2H])C([2H])([2H])N(C(=O)C[N+]#[C-])C([2H])([2H])C([2H])([2H])[C@@]2([2H])C([2H])([2H])[2H])c2c([2H])c(C)[nH]c2n1.[2H]c1nc(N(C([2H])([2H])[2H])[C@@]2([2H])C([2H])([2H])N(C(=O)C[N+]#[C-])C([2H])([2H])C([2H])([2H])[C@@]2([2H])C)c2c([2H])c(C)[nH]c2n1.[2H]c1nc(N(C([2H])([2H])[2H])[C@]2([2H])[C@H](C([2H])([2H])[2H])C([2H])([2H])C([2H])([2H])N(C(=O)C[N+]#[C-])C2([2H])[2H])c2c([2H])c(C)[nH]c2n1. The Hall–Kier alpha value is -7.86. The van der Waals surface area contributed by atoms with E-state index in [9.17, 15) is 18.5 Å². The summed E-state index contributed by atoms with van der Waals surface area (Å²) in [6.07, 6.45) is -14.3. The number of amides is 3. The fourth-order valence-corrected chi connectivity index (χ4v) is 6.17. The smallest absolute Gasteiger partial charge is 0.302 e. The van der Waals surface area contributed by atoms with E-state index < -0.39 is 240 Å². The number of nitrogens with one attached hydrogen (secondary N) is 3. The highest BCUT2D eigenvalue weighted by atomic mass is 16.2. The van der Waals surface area contributed by atoms with Crippen LogP contribution in [-0.2, 0) is 14.4 Å². The maximum Gasteiger partial charge on any atom is 0.302 e. The molecule has 3 aliphatic heterocycles. The van der Waals surface area contributed by atoms with Gasteiger partial charge in [-0.25, -0.2) is 49.6 Å². The van der Waals surface area contributed by atoms with E-state index >= 15 is 0 Å². The maximum absolute atomic E-state index is 12.9. The Labute approximate surface area is 482 Å². The van der Waals surface area contributed by atoms with Gasteiger partial charge in [-0.05, 0) is 75.7 Å². The number of aryl methyl sites for hydroxylation is 3. The lowest BCUT2D eigenvalue weighted by molar-refractivity contribution is -0.131. The van der Waals surface area contributed by atoms with E-state index in [0.29, 0.717) is 6.92 Å². The molecular formula is C51H66N18O3. The van der Waals surface area contributed by atoms with Crippen LogP contribution in [0.3, 0.4) is 0 Å². The highest BCUT2D eigenvalue weighted by Gasteiger charge is 2.36. The molecular weight excluding hydrogens is 913 g/mol. The molecule has 6 atom stereocenters. The first-order chi connectivity index (χ1) is 51.7. The van der Waals surface area contributed by atoms with Crippen LogP contribution in [0, 0.1) is 58.2 Å². The summed E-state index contributed by atoms with van der Waals surface area (Å²) in [5.41, 5.74) is -0.642. The summed E-state index contributed by atoms with van der Waals surface area (Å²) in [5, 5.41) is -1.41. The van der Waals surface area contributed by atoms with Crippen molar-refractivity contribution in [3.8, 4) is 0 Å². The average Bonchev–Trinajstić information content (AvgIpc) is 0.707. The Kier molecular flexibility index (Phi) is 6.25. The van der Waals surface area contributed by atoms with Crippen LogP contribution < -0.4 is 14.7 Å². The Morgan fingerprint density at radius 3 is 1.35 bits per heavy atom. The number of hydrogen-bond acceptors (Lipinski definition) is 12. The van der Waals surface area contributed by atoms with Crippen LogP contribution >= 0.6 is 0 Å². The van der Waals surface area contributed by atoms with Gasteiger partial charge in [0, 0.05) is 117 Å². The van der Waals surface area contributed by atoms with Gasteiger partial charge >= 0.3 is 17.7 Å². The number of aromatic nitrogens is 9. The molecule has 9 rings (SSSR count). The predicted molar refractivity (Wildman–Crippen MR) is 278 cm³/mol. The fraction of sp³-hybridized carbons (Fsp3) is 0.529. The summed E-state index contributed by atoms with van der Waals surface area (Å²) in [4.78, 5) is 74.9. The van der Waals surface area contributed by atoms with Crippen molar-refractivity contribution >= 4 is 68.3 Å². The zero-order chi connectivity index (χ0) is 90.3. The molecule has 21 nitrogen and oxygen atoms in total. The third-order valence-electron chi connectivity index (χ3n) is 9.40. The molecule has 72 heavy (non-hydrogen) atoms. The topological polar surface area (TPSA) is 208 Å². The molecule has 6 aromatic rings. The molecule has 21 heteroatoms. The normalized spacial score (nSPS) is 42.1. The number of nitrogens with zero attached hydrogens (tertiary/aromatic N) is 15. The van der Waals surface area contributed by atoms with Gasteiger partial charge in [0.15, 0.2) is 0 Å². The molecule has 3 fully saturated rings. The van der Waals surface area contributed by atoms with Crippen LogP contribution in [0.5, 0.6) is 0 Å². The minimum absolute atomic E-state index is 0.0285. The molecule has 3 amide bonds. The Morgan fingerprint density at radius 1 is 0.611 bits per heavy atom. The van der Waals surface area contributed by atoms with Crippen LogP contribution in [0.4, 0.5) is 17.5 Å². The summed E-state index contributed by atoms with van der Waals surface area (Å²) >= 11 is 0. The Bertz CT molecular complexity index is 5060. The molecule has 3 N–H and O–H groups in total. The predicted octanol–water partition coefficient (Wildman–Crippen LogP) is 5.58. The van der Waals surface area contributed by atoms with Crippen molar-refractivity contribution in [1.29, 1.82) is 0 Å². The van der Waals surface area contributed by atoms with E-state index in [-0.39, 0.29) is 60.2 Å². The maximum atomic E-state index is 12.9. The number of carbonyl (C=O) groups excluding carboxylic acids is 3. The number of carbonyl (C=O) groups is 3. The van der Waals surface area contributed by atoms with Gasteiger partial charge in [-0.3, -0.25) is 14.4 Å². The average molecular weight is 1020 g/mol. The van der Waals surface area contributed by atoms with Crippen LogP contribution in [-0.4, -0.2) is 175 Å². The summed E-state index contributed by atoms with van der Waals surface area (Å²) in [6, 6.07) is -13.3. The van der Waals surface area contributed by atoms with Gasteiger partial charge in [0.05, 0.1) is 50.7 Å². The first kappa shape index (κ1) is 19.6. The van der Waals surface area contributed by atoms with Crippen LogP contribution in [0.1, 0.15) is 117 Å². The van der Waals surface area contributed by atoms with Crippen LogP contribution in [0.25, 0.3) is 47.6 Å². The number of piperidine rings is 3. The molecule has 0 unspecified atom stereocenters. The minimum atomic E-state index is -4.36. The van der Waals surface area contributed by atoms with Gasteiger partial charge in [0.2, 0.25) is 0 Å². The van der Waals surface area contributed by atoms with E-state index in [0.717, 1.165) is 0 Å². The molecule has 0 aromatic carbocycles. The number of likely N-dealkylation sites (N-methyl/N-ethyl adjacent to an activating group) is 3. The molecule has 9 heterocycles. The summed E-state index contributed by atoms with van der Waals surface area (Å²) in [5.74, 6) is -18.9. The highest BCUT2D eigenvalue weighted by molar-refractivity contribution is 5.90. The van der Waals surface area contributed by atoms with Gasteiger partial charge in [-0.2, -0.15) is 0 Å². The van der Waals surface area contributed by atoms with Crippen molar-refractivity contribution in [3.63, 3.8) is 0 Å². The zero-order valence-corrected chi connectivity index (χ0v) is 37.6. The number of H-pyrrole nitrogens is 3. The van der Waals surface area contributed by atoms with Crippen molar-refractivity contribution in [2.24, 2.45) is 17.7 Å². The summed E-state index contributed by atoms with van der Waals surface area (Å²) < 4.78 is 369. The highest BCUT2D eigenvalue weighted by Crippen LogP contribution is 2.32. The van der Waals surface area contributed by atoms with Gasteiger partial charge in [-0.1, -0.05) is 20.6 Å². The quantitative estimate of drug-likeness (QED) is 0.152. The Morgan fingerprint density at radius 2 is 0.972 bits per heavy atom. The molecule has 3 aliphatic rings. The number of aromatic amines is 3. The number of fused-ring (bicyclic) bond motifs is 3. The molecule has 6 aromatic heterocycles. The second-order valence-electron chi connectivity index (χ2n) is 14.5. The van der Waals surface area contributed by atoms with Gasteiger partial charge in [-0.15, -0.1) is 0 Å². The second kappa shape index (κ2) is 22.9. The molecule has 0 radical (unpaired) electrons. The van der Waals surface area contributed by atoms with Crippen molar-refractivity contribution in [3.05, 3.63) is 88.4 Å². The van der Waals surface area contributed by atoms with Crippen molar-refractivity contribution < 1.29 is 74.7 Å². The fourth-order valence-electron chi connectivity index (χ4n) is 6.17. The van der Waals surface area contributed by atoms with Crippen molar-refractivity contribution in [1.82, 2.24) is 59.6 Å². The number of hydrogen-bond donors (Lipinski definition) is 3. The largest absolute Gasteiger partial charge is 0.354 e. The van der Waals surface area contributed by atoms with E-state index in [4.69, 9.17) is 75.9 Å². The van der Waals surface area contributed by atoms with Gasteiger partial charge in [0.1, 0.15) is 57.4 Å². The monoisotopic (exact) mass is 1020 g/mol. The van der Waals surface area contributed by atoms with E-state index in [1.54, 1.807) is 0 Å². The lowest BCUT2D eigenvalue weighted by Crippen LogP contribution is -2.53. The first-order valence-electron chi connectivity index (χ1n) is 42.1. The molecule has 0 aliphatic carbocycles. The van der Waals surface area contributed by atoms with Crippen molar-refractivity contribution in [2.75, 3.05) is 94.2 Å². The third kappa shape index (κ3) is 11.5. The van der Waals surface area contributed by atoms with E-state index in [2.05, 4.69) is 59.4 Å². The van der Waals surface area contributed by atoms with E-state index in [1.165, 1.54) is 20.8 Å².